The van der Waals surface area contributed by atoms with Crippen molar-refractivity contribution in [3.05, 3.63) is 0 Å². The lowest BCUT2D eigenvalue weighted by molar-refractivity contribution is -0.139. The molecule has 0 aromatic carbocycles. The molecule has 1 rings (SSSR count). The first kappa shape index (κ1) is 33.5. The van der Waals surface area contributed by atoms with E-state index >= 15 is 0 Å². The molecule has 1 fully saturated rings. The van der Waals surface area contributed by atoms with Crippen molar-refractivity contribution >= 4 is 31.2 Å². The maximum absolute atomic E-state index is 12.0. The topological polar surface area (TPSA) is 146 Å². The van der Waals surface area contributed by atoms with E-state index < -0.39 is 7.82 Å². The number of unbranched alkanes of at least 4 members (excludes halogenated alkanes) is 4. The summed E-state index contributed by atoms with van der Waals surface area (Å²) >= 11 is 0. The lowest BCUT2D eigenvalue weighted by Gasteiger charge is -2.13. The monoisotopic (exact) mass is 549 g/mol. The molecular weight excluding hydrogens is 505 g/mol. The number of carbonyl (C=O) groups is 4. The Bertz CT molecular complexity index is 760. The van der Waals surface area contributed by atoms with Gasteiger partial charge in [-0.1, -0.05) is 26.2 Å². The fourth-order valence-electron chi connectivity index (χ4n) is 3.78. The van der Waals surface area contributed by atoms with Crippen molar-refractivity contribution < 1.29 is 47.2 Å². The normalized spacial score (nSPS) is 17.4. The molecule has 1 aliphatic rings. The van der Waals surface area contributed by atoms with Crippen LogP contribution >= 0.6 is 7.82 Å². The summed E-state index contributed by atoms with van der Waals surface area (Å²) < 4.78 is 31.6. The highest BCUT2D eigenvalue weighted by atomic mass is 31.2. The minimum Gasteiger partial charge on any atom is -0.379 e. The summed E-state index contributed by atoms with van der Waals surface area (Å²) in [5, 5.41) is 0. The molecule has 0 aromatic heterocycles. The Morgan fingerprint density at radius 1 is 0.838 bits per heavy atom. The summed E-state index contributed by atoms with van der Waals surface area (Å²) in [6.07, 6.45) is 6.37. The first-order chi connectivity index (χ1) is 17.7. The van der Waals surface area contributed by atoms with Gasteiger partial charge in [0.2, 0.25) is 11.8 Å². The van der Waals surface area contributed by atoms with Crippen LogP contribution in [0.25, 0.3) is 0 Å². The summed E-state index contributed by atoms with van der Waals surface area (Å²) in [5.74, 6) is -0.524. The number of imide groups is 1. The summed E-state index contributed by atoms with van der Waals surface area (Å²) in [5.41, 5.74) is 0. The first-order valence-corrected chi connectivity index (χ1v) is 14.8. The molecule has 0 aliphatic carbocycles. The quantitative estimate of drug-likeness (QED) is 0.108. The third kappa shape index (κ3) is 16.2. The lowest BCUT2D eigenvalue weighted by Crippen LogP contribution is -2.32. The van der Waals surface area contributed by atoms with E-state index in [1.165, 1.54) is 4.90 Å². The van der Waals surface area contributed by atoms with Gasteiger partial charge in [0.15, 0.2) is 0 Å². The number of nitrogens with zero attached hydrogens (tertiary/aromatic N) is 1. The van der Waals surface area contributed by atoms with E-state index in [0.29, 0.717) is 58.5 Å². The van der Waals surface area contributed by atoms with Crippen LogP contribution in [0.3, 0.4) is 0 Å². The van der Waals surface area contributed by atoms with Crippen molar-refractivity contribution in [3.63, 3.8) is 0 Å². The number of ketones is 2. The fraction of sp³-hybridized carbons (Fsp3) is 0.840. The average molecular weight is 550 g/mol. The minimum absolute atomic E-state index is 0.00300. The Kier molecular flexibility index (Phi) is 17.7. The van der Waals surface area contributed by atoms with Crippen LogP contribution in [0.1, 0.15) is 84.5 Å². The molecule has 1 heterocycles. The molecule has 2 atom stereocenters. The van der Waals surface area contributed by atoms with Gasteiger partial charge in [-0.25, -0.2) is 4.57 Å². The highest BCUT2D eigenvalue weighted by Gasteiger charge is 2.35. The van der Waals surface area contributed by atoms with E-state index in [4.69, 9.17) is 14.0 Å². The van der Waals surface area contributed by atoms with Gasteiger partial charge in [-0.3, -0.25) is 33.1 Å². The maximum Gasteiger partial charge on any atom is 0.472 e. The largest absolute Gasteiger partial charge is 0.472 e. The van der Waals surface area contributed by atoms with Gasteiger partial charge in [0.05, 0.1) is 33.0 Å². The van der Waals surface area contributed by atoms with E-state index in [-0.39, 0.29) is 61.9 Å². The van der Waals surface area contributed by atoms with Crippen LogP contribution in [-0.2, 0) is 42.3 Å². The predicted octanol–water partition coefficient (Wildman–Crippen LogP) is 3.61. The number of ether oxygens (including phenoxy) is 2. The van der Waals surface area contributed by atoms with E-state index in [0.717, 1.165) is 25.7 Å². The number of phosphoric ester groups is 1. The number of amides is 2. The molecule has 1 saturated heterocycles. The molecule has 0 radical (unpaired) electrons. The van der Waals surface area contributed by atoms with Crippen LogP contribution < -0.4 is 0 Å². The molecule has 0 aromatic rings. The number of Topliss-reactive ketones (excluding diaryl/α,β-unsaturated/α-hetero) is 2. The second-order valence-corrected chi connectivity index (χ2v) is 10.6. The highest BCUT2D eigenvalue weighted by molar-refractivity contribution is 7.47. The van der Waals surface area contributed by atoms with Crippen molar-refractivity contribution in [1.29, 1.82) is 0 Å². The van der Waals surface area contributed by atoms with Gasteiger partial charge in [-0.2, -0.15) is 0 Å². The third-order valence-corrected chi connectivity index (χ3v) is 6.97. The van der Waals surface area contributed by atoms with Crippen LogP contribution in [0.4, 0.5) is 0 Å². The van der Waals surface area contributed by atoms with Crippen LogP contribution in [-0.4, -0.2) is 79.4 Å². The van der Waals surface area contributed by atoms with Crippen molar-refractivity contribution in [2.75, 3.05) is 46.2 Å². The number of rotatable bonds is 24. The van der Waals surface area contributed by atoms with Crippen molar-refractivity contribution in [3.8, 4) is 0 Å². The van der Waals surface area contributed by atoms with E-state index in [2.05, 4.69) is 4.52 Å². The molecule has 0 saturated carbocycles. The summed E-state index contributed by atoms with van der Waals surface area (Å²) in [6.45, 7) is 5.35. The van der Waals surface area contributed by atoms with Crippen LogP contribution in [0, 0.1) is 5.92 Å². The van der Waals surface area contributed by atoms with Crippen molar-refractivity contribution in [2.24, 2.45) is 5.92 Å². The van der Waals surface area contributed by atoms with Gasteiger partial charge in [0, 0.05) is 51.2 Å². The van der Waals surface area contributed by atoms with E-state index in [1.807, 2.05) is 0 Å². The number of carbonyl (C=O) groups excluding carboxylic acids is 4. The van der Waals surface area contributed by atoms with Gasteiger partial charge in [-0.05, 0) is 26.2 Å². The second-order valence-electron chi connectivity index (χ2n) is 9.13. The molecule has 2 amide bonds. The zero-order valence-corrected chi connectivity index (χ0v) is 23.2. The molecule has 1 aliphatic heterocycles. The lowest BCUT2D eigenvalue weighted by atomic mass is 10.1. The summed E-state index contributed by atoms with van der Waals surface area (Å²) in [4.78, 5) is 57.9. The SMILES string of the molecule is CCOP(=O)(O)OCCCCCCCC(=O)CCOCCOCCCC(=O)CCN1C(=O)CC(C)C1=O. The van der Waals surface area contributed by atoms with E-state index in [1.54, 1.807) is 13.8 Å². The Balaban J connectivity index is 1.86. The Morgan fingerprint density at radius 2 is 1.46 bits per heavy atom. The first-order valence-electron chi connectivity index (χ1n) is 13.3. The van der Waals surface area contributed by atoms with Crippen LogP contribution in [0.5, 0.6) is 0 Å². The maximum atomic E-state index is 12.0. The molecule has 1 N–H and O–H groups in total. The second kappa shape index (κ2) is 19.6. The van der Waals surface area contributed by atoms with Gasteiger partial charge < -0.3 is 14.4 Å². The molecule has 37 heavy (non-hydrogen) atoms. The number of hydrogen-bond acceptors (Lipinski definition) is 9. The molecule has 12 heteroatoms. The Morgan fingerprint density at radius 3 is 2.14 bits per heavy atom. The smallest absolute Gasteiger partial charge is 0.379 e. The average Bonchev–Trinajstić information content (AvgIpc) is 3.08. The molecule has 0 bridgehead atoms. The number of hydrogen-bond donors (Lipinski definition) is 1. The minimum atomic E-state index is -3.90. The molecule has 2 unspecified atom stereocenters. The van der Waals surface area contributed by atoms with E-state index in [9.17, 15) is 28.6 Å². The molecule has 0 spiro atoms. The summed E-state index contributed by atoms with van der Waals surface area (Å²) in [7, 11) is -3.90. The predicted molar refractivity (Wildman–Crippen MR) is 136 cm³/mol. The number of likely N-dealkylation sites (tertiary alicyclic amines) is 1. The summed E-state index contributed by atoms with van der Waals surface area (Å²) in [6, 6.07) is 0. The molecule has 11 nitrogen and oxygen atoms in total. The number of phosphoric acid groups is 1. The Hall–Kier alpha value is -1.49. The van der Waals surface area contributed by atoms with Gasteiger partial charge in [0.25, 0.3) is 0 Å². The molecular formula is C25H44NO10P. The van der Waals surface area contributed by atoms with Crippen molar-refractivity contribution in [2.45, 2.75) is 84.5 Å². The zero-order valence-electron chi connectivity index (χ0n) is 22.3. The van der Waals surface area contributed by atoms with Crippen LogP contribution in [0.15, 0.2) is 0 Å². The fourth-order valence-corrected chi connectivity index (χ4v) is 4.54. The van der Waals surface area contributed by atoms with Crippen LogP contribution in [0.2, 0.25) is 0 Å². The zero-order chi connectivity index (χ0) is 27.5. The standard InChI is InChI=1S/C25H44NO10P/c1-3-35-37(31,32)36-16-8-6-4-5-7-10-23(28)13-17-34-19-18-33-15-9-11-22(27)12-14-26-24(29)20-21(2)25(26)30/h21H,3-20H2,1-2H3,(H,31,32). The highest BCUT2D eigenvalue weighted by Crippen LogP contribution is 2.42. The van der Waals surface area contributed by atoms with Crippen molar-refractivity contribution in [1.82, 2.24) is 4.90 Å². The molecule has 214 valence electrons. The third-order valence-electron chi connectivity index (χ3n) is 5.87. The van der Waals surface area contributed by atoms with Gasteiger partial charge in [0.1, 0.15) is 11.6 Å². The Labute approximate surface area is 220 Å². The van der Waals surface area contributed by atoms with Gasteiger partial charge >= 0.3 is 7.82 Å². The van der Waals surface area contributed by atoms with Gasteiger partial charge in [-0.15, -0.1) is 0 Å².